The molecule has 0 saturated heterocycles. The Balaban J connectivity index is 2.39. The summed E-state index contributed by atoms with van der Waals surface area (Å²) in [5, 5.41) is 8.14. The molecule has 0 amide bonds. The summed E-state index contributed by atoms with van der Waals surface area (Å²) in [5.41, 5.74) is 8.97. The molecule has 2 nitrogen and oxygen atoms in total. The second-order valence-corrected chi connectivity index (χ2v) is 4.62. The van der Waals surface area contributed by atoms with Crippen LogP contribution in [-0.2, 0) is 0 Å². The Morgan fingerprint density at radius 1 is 1.19 bits per heavy atom. The predicted octanol–water partition coefficient (Wildman–Crippen LogP) is 2.86. The van der Waals surface area contributed by atoms with Crippen LogP contribution in [0, 0.1) is 10.8 Å². The SMILES string of the molecule is CC1(C)C=CC(C(=N)c2ccccc2)=C1N. The Bertz CT molecular complexity index is 479. The molecule has 1 aliphatic rings. The molecular formula is C14H16N2. The van der Waals surface area contributed by atoms with Crippen LogP contribution >= 0.6 is 0 Å². The van der Waals surface area contributed by atoms with Crippen molar-refractivity contribution in [2.24, 2.45) is 11.1 Å². The van der Waals surface area contributed by atoms with Crippen LogP contribution in [-0.4, -0.2) is 5.71 Å². The van der Waals surface area contributed by atoms with E-state index in [4.69, 9.17) is 11.1 Å². The maximum Gasteiger partial charge on any atom is 0.0702 e. The van der Waals surface area contributed by atoms with E-state index in [2.05, 4.69) is 19.9 Å². The van der Waals surface area contributed by atoms with E-state index >= 15 is 0 Å². The van der Waals surface area contributed by atoms with E-state index in [-0.39, 0.29) is 5.41 Å². The maximum absolute atomic E-state index is 8.14. The Morgan fingerprint density at radius 3 is 2.31 bits per heavy atom. The summed E-state index contributed by atoms with van der Waals surface area (Å²) >= 11 is 0. The number of rotatable bonds is 2. The predicted molar refractivity (Wildman–Crippen MR) is 67.4 cm³/mol. The number of hydrogen-bond acceptors (Lipinski definition) is 2. The summed E-state index contributed by atoms with van der Waals surface area (Å²) in [5.74, 6) is 0. The third kappa shape index (κ3) is 1.67. The smallest absolute Gasteiger partial charge is 0.0702 e. The van der Waals surface area contributed by atoms with Crippen LogP contribution in [0.15, 0.2) is 53.8 Å². The van der Waals surface area contributed by atoms with Gasteiger partial charge in [0.2, 0.25) is 0 Å². The highest BCUT2D eigenvalue weighted by molar-refractivity contribution is 6.13. The zero-order valence-corrected chi connectivity index (χ0v) is 9.62. The van der Waals surface area contributed by atoms with E-state index in [0.717, 1.165) is 16.8 Å². The van der Waals surface area contributed by atoms with Crippen LogP contribution in [0.1, 0.15) is 19.4 Å². The van der Waals surface area contributed by atoms with Gasteiger partial charge in [-0.05, 0) is 0 Å². The van der Waals surface area contributed by atoms with Gasteiger partial charge in [-0.3, -0.25) is 5.41 Å². The lowest BCUT2D eigenvalue weighted by molar-refractivity contribution is 0.582. The topological polar surface area (TPSA) is 49.9 Å². The molecule has 1 aliphatic carbocycles. The average Bonchev–Trinajstić information content (AvgIpc) is 2.55. The molecule has 0 unspecified atom stereocenters. The van der Waals surface area contributed by atoms with Crippen LogP contribution < -0.4 is 5.73 Å². The molecule has 0 fully saturated rings. The number of nitrogens with two attached hydrogens (primary N) is 1. The van der Waals surface area contributed by atoms with Crippen LogP contribution in [0.25, 0.3) is 0 Å². The molecule has 0 bridgehead atoms. The fourth-order valence-electron chi connectivity index (χ4n) is 1.80. The highest BCUT2D eigenvalue weighted by Crippen LogP contribution is 2.34. The highest BCUT2D eigenvalue weighted by Gasteiger charge is 2.27. The highest BCUT2D eigenvalue weighted by atomic mass is 14.7. The number of hydrogen-bond donors (Lipinski definition) is 2. The molecule has 0 aromatic heterocycles. The third-order valence-electron chi connectivity index (χ3n) is 2.98. The lowest BCUT2D eigenvalue weighted by Crippen LogP contribution is -2.18. The van der Waals surface area contributed by atoms with Gasteiger partial charge < -0.3 is 5.73 Å². The Hall–Kier alpha value is -1.83. The average molecular weight is 212 g/mol. The number of allylic oxidation sites excluding steroid dienone is 3. The van der Waals surface area contributed by atoms with Gasteiger partial charge in [0.15, 0.2) is 0 Å². The summed E-state index contributed by atoms with van der Waals surface area (Å²) in [6.07, 6.45) is 4.00. The first-order valence-electron chi connectivity index (χ1n) is 5.36. The van der Waals surface area contributed by atoms with Crippen molar-refractivity contribution >= 4 is 5.71 Å². The van der Waals surface area contributed by atoms with Crippen molar-refractivity contribution in [3.63, 3.8) is 0 Å². The quantitative estimate of drug-likeness (QED) is 0.728. The molecule has 0 heterocycles. The molecule has 1 aromatic rings. The van der Waals surface area contributed by atoms with E-state index in [9.17, 15) is 0 Å². The molecule has 16 heavy (non-hydrogen) atoms. The van der Waals surface area contributed by atoms with Gasteiger partial charge in [0, 0.05) is 22.2 Å². The largest absolute Gasteiger partial charge is 0.401 e. The zero-order valence-electron chi connectivity index (χ0n) is 9.62. The van der Waals surface area contributed by atoms with Gasteiger partial charge in [-0.15, -0.1) is 0 Å². The normalized spacial score (nSPS) is 17.9. The van der Waals surface area contributed by atoms with E-state index < -0.39 is 0 Å². The Labute approximate surface area is 96.0 Å². The van der Waals surface area contributed by atoms with E-state index in [0.29, 0.717) is 5.71 Å². The summed E-state index contributed by atoms with van der Waals surface area (Å²) in [6, 6.07) is 9.68. The third-order valence-corrected chi connectivity index (χ3v) is 2.98. The fraction of sp³-hybridized carbons (Fsp3) is 0.214. The summed E-state index contributed by atoms with van der Waals surface area (Å²) in [4.78, 5) is 0. The molecule has 3 N–H and O–H groups in total. The summed E-state index contributed by atoms with van der Waals surface area (Å²) in [7, 11) is 0. The fourth-order valence-corrected chi connectivity index (χ4v) is 1.80. The molecule has 0 atom stereocenters. The molecule has 0 spiro atoms. The molecule has 0 saturated carbocycles. The Kier molecular flexibility index (Phi) is 2.43. The first-order chi connectivity index (χ1) is 7.52. The van der Waals surface area contributed by atoms with Gasteiger partial charge in [0.05, 0.1) is 5.71 Å². The standard InChI is InChI=1S/C14H16N2/c1-14(2)9-8-11(13(14)16)12(15)10-6-4-3-5-7-10/h3-9,15H,16H2,1-2H3. The van der Waals surface area contributed by atoms with Crippen molar-refractivity contribution < 1.29 is 0 Å². The number of nitrogens with one attached hydrogen (secondary N) is 1. The lowest BCUT2D eigenvalue weighted by atomic mass is 9.91. The Morgan fingerprint density at radius 2 is 1.81 bits per heavy atom. The first kappa shape index (κ1) is 10.7. The monoisotopic (exact) mass is 212 g/mol. The van der Waals surface area contributed by atoms with Gasteiger partial charge in [-0.1, -0.05) is 56.3 Å². The molecule has 1 aromatic carbocycles. The summed E-state index contributed by atoms with van der Waals surface area (Å²) < 4.78 is 0. The number of benzene rings is 1. The van der Waals surface area contributed by atoms with Gasteiger partial charge in [0.1, 0.15) is 0 Å². The lowest BCUT2D eigenvalue weighted by Gasteiger charge is -2.17. The van der Waals surface area contributed by atoms with Crippen molar-refractivity contribution in [3.05, 3.63) is 59.3 Å². The minimum Gasteiger partial charge on any atom is -0.401 e. The van der Waals surface area contributed by atoms with Crippen molar-refractivity contribution in [1.29, 1.82) is 5.41 Å². The van der Waals surface area contributed by atoms with Crippen molar-refractivity contribution in [1.82, 2.24) is 0 Å². The molecule has 2 rings (SSSR count). The van der Waals surface area contributed by atoms with Crippen LogP contribution in [0.5, 0.6) is 0 Å². The van der Waals surface area contributed by atoms with Gasteiger partial charge in [-0.2, -0.15) is 0 Å². The maximum atomic E-state index is 8.14. The van der Waals surface area contributed by atoms with Crippen molar-refractivity contribution in [2.75, 3.05) is 0 Å². The van der Waals surface area contributed by atoms with E-state index in [1.54, 1.807) is 0 Å². The molecule has 0 radical (unpaired) electrons. The van der Waals surface area contributed by atoms with Gasteiger partial charge >= 0.3 is 0 Å². The van der Waals surface area contributed by atoms with E-state index in [1.807, 2.05) is 36.4 Å². The molecular weight excluding hydrogens is 196 g/mol. The first-order valence-corrected chi connectivity index (χ1v) is 5.36. The van der Waals surface area contributed by atoms with Crippen LogP contribution in [0.4, 0.5) is 0 Å². The zero-order chi connectivity index (χ0) is 11.8. The van der Waals surface area contributed by atoms with Crippen LogP contribution in [0.2, 0.25) is 0 Å². The van der Waals surface area contributed by atoms with Gasteiger partial charge in [0.25, 0.3) is 0 Å². The molecule has 0 aliphatic heterocycles. The minimum absolute atomic E-state index is 0.129. The van der Waals surface area contributed by atoms with Crippen molar-refractivity contribution in [2.45, 2.75) is 13.8 Å². The van der Waals surface area contributed by atoms with Gasteiger partial charge in [-0.25, -0.2) is 0 Å². The van der Waals surface area contributed by atoms with Crippen LogP contribution in [0.3, 0.4) is 0 Å². The second kappa shape index (κ2) is 3.63. The molecule has 82 valence electrons. The second-order valence-electron chi connectivity index (χ2n) is 4.62. The summed E-state index contributed by atoms with van der Waals surface area (Å²) in [6.45, 7) is 4.12. The van der Waals surface area contributed by atoms with Crippen molar-refractivity contribution in [3.8, 4) is 0 Å². The minimum atomic E-state index is -0.129. The van der Waals surface area contributed by atoms with E-state index in [1.165, 1.54) is 0 Å². The molecule has 2 heteroatoms.